The van der Waals surface area contributed by atoms with Crippen LogP contribution in [0.5, 0.6) is 0 Å². The van der Waals surface area contributed by atoms with Crippen molar-refractivity contribution in [2.45, 2.75) is 32.0 Å². The van der Waals surface area contributed by atoms with E-state index in [1.807, 2.05) is 0 Å². The van der Waals surface area contributed by atoms with Gasteiger partial charge in [0.1, 0.15) is 11.9 Å². The lowest BCUT2D eigenvalue weighted by molar-refractivity contribution is -0.193. The largest absolute Gasteiger partial charge is 0.363 e. The maximum Gasteiger partial charge on any atom is 0.183 e. The molecule has 2 saturated heterocycles. The number of nitrogens with one attached hydrogen (secondary N) is 2. The van der Waals surface area contributed by atoms with Crippen LogP contribution in [-0.2, 0) is 4.74 Å². The molecule has 2 unspecified atom stereocenters. The van der Waals surface area contributed by atoms with Gasteiger partial charge in [0, 0.05) is 48.4 Å². The maximum atomic E-state index is 14.5. The summed E-state index contributed by atoms with van der Waals surface area (Å²) in [5, 5.41) is 4.61. The van der Waals surface area contributed by atoms with Gasteiger partial charge >= 0.3 is 0 Å². The zero-order valence-electron chi connectivity index (χ0n) is 16.0. The Morgan fingerprint density at radius 2 is 2.24 bits per heavy atom. The first-order chi connectivity index (χ1) is 14.1. The molecule has 3 aromatic heterocycles. The van der Waals surface area contributed by atoms with Crippen molar-refractivity contribution in [3.63, 3.8) is 0 Å². The lowest BCUT2D eigenvalue weighted by Gasteiger charge is -2.46. The molecule has 0 bridgehead atoms. The third kappa shape index (κ3) is 3.56. The highest BCUT2D eigenvalue weighted by Crippen LogP contribution is 2.30. The van der Waals surface area contributed by atoms with Crippen LogP contribution in [0.3, 0.4) is 0 Å². The number of piperidine rings is 1. The third-order valence-electron chi connectivity index (χ3n) is 5.65. The molecular formula is C20H22ClFN6O. The monoisotopic (exact) mass is 416 g/mol. The minimum Gasteiger partial charge on any atom is -0.363 e. The van der Waals surface area contributed by atoms with E-state index in [0.29, 0.717) is 22.4 Å². The first-order valence-electron chi connectivity index (χ1n) is 9.86. The van der Waals surface area contributed by atoms with Crippen molar-refractivity contribution in [3.05, 3.63) is 35.5 Å². The van der Waals surface area contributed by atoms with Crippen LogP contribution in [0.25, 0.3) is 22.4 Å². The average Bonchev–Trinajstić information content (AvgIpc) is 3.12. The quantitative estimate of drug-likeness (QED) is 0.675. The summed E-state index contributed by atoms with van der Waals surface area (Å²) in [6.45, 7) is 4.82. The summed E-state index contributed by atoms with van der Waals surface area (Å²) in [5.74, 6) is 0.718. The van der Waals surface area contributed by atoms with Crippen molar-refractivity contribution >= 4 is 28.5 Å². The summed E-state index contributed by atoms with van der Waals surface area (Å²) in [6.07, 6.45) is 6.72. The molecule has 0 spiro atoms. The number of nitrogens with zero attached hydrogens (tertiary/aromatic N) is 4. The van der Waals surface area contributed by atoms with Crippen molar-refractivity contribution in [1.29, 1.82) is 0 Å². The number of rotatable bonds is 4. The predicted octanol–water partition coefficient (Wildman–Crippen LogP) is 3.68. The Balaban J connectivity index is 1.39. The molecule has 29 heavy (non-hydrogen) atoms. The molecular weight excluding hydrogens is 395 g/mol. The van der Waals surface area contributed by atoms with Gasteiger partial charge in [0.15, 0.2) is 17.5 Å². The second-order valence-corrected chi connectivity index (χ2v) is 8.26. The number of hydrogen-bond donors (Lipinski definition) is 2. The molecule has 2 aliphatic heterocycles. The first kappa shape index (κ1) is 18.7. The highest BCUT2D eigenvalue weighted by atomic mass is 35.5. The Kier molecular flexibility index (Phi) is 4.85. The second kappa shape index (κ2) is 7.51. The van der Waals surface area contributed by atoms with Crippen molar-refractivity contribution in [2.24, 2.45) is 5.92 Å². The van der Waals surface area contributed by atoms with Gasteiger partial charge in [0.05, 0.1) is 17.8 Å². The van der Waals surface area contributed by atoms with Gasteiger partial charge in [-0.2, -0.15) is 0 Å². The van der Waals surface area contributed by atoms with Gasteiger partial charge in [-0.1, -0.05) is 18.5 Å². The highest BCUT2D eigenvalue weighted by molar-refractivity contribution is 6.31. The van der Waals surface area contributed by atoms with Crippen LogP contribution in [0, 0.1) is 11.7 Å². The van der Waals surface area contributed by atoms with E-state index in [9.17, 15) is 4.39 Å². The molecule has 0 aliphatic carbocycles. The summed E-state index contributed by atoms with van der Waals surface area (Å²) < 4.78 is 20.2. The molecule has 0 amide bonds. The number of aromatic amines is 1. The van der Waals surface area contributed by atoms with Crippen molar-refractivity contribution < 1.29 is 9.13 Å². The number of hydrogen-bond acceptors (Lipinski definition) is 6. The minimum atomic E-state index is -0.463. The standard InChI is InChI=1S/C20H22ClFN6O/c1-11-10-29-20(11)28-4-2-3-13(9-28)26-19-16(22)8-25-18(27-19)15-7-24-17-14(15)5-12(21)6-23-17/h5-8,11,13,20H,2-4,9-10H2,1H3,(H,23,24)(H,25,26,27)/t11?,13-,20?/m0/s1. The molecule has 2 aliphatic rings. The van der Waals surface area contributed by atoms with Crippen LogP contribution in [0.15, 0.2) is 24.7 Å². The normalized spacial score (nSPS) is 25.1. The minimum absolute atomic E-state index is 0.108. The molecule has 7 nitrogen and oxygen atoms in total. The second-order valence-electron chi connectivity index (χ2n) is 7.82. The van der Waals surface area contributed by atoms with E-state index >= 15 is 0 Å². The van der Waals surface area contributed by atoms with Gasteiger partial charge in [-0.05, 0) is 18.9 Å². The Bertz CT molecular complexity index is 1040. The smallest absolute Gasteiger partial charge is 0.183 e. The molecule has 5 heterocycles. The fraction of sp³-hybridized carbons (Fsp3) is 0.450. The van der Waals surface area contributed by atoms with Crippen LogP contribution < -0.4 is 5.32 Å². The number of fused-ring (bicyclic) bond motifs is 1. The number of H-pyrrole nitrogens is 1. The van der Waals surface area contributed by atoms with Gasteiger partial charge in [0.25, 0.3) is 0 Å². The topological polar surface area (TPSA) is 79.0 Å². The zero-order valence-corrected chi connectivity index (χ0v) is 16.8. The summed E-state index contributed by atoms with van der Waals surface area (Å²) >= 11 is 6.08. The van der Waals surface area contributed by atoms with E-state index in [0.717, 1.165) is 43.5 Å². The number of aromatic nitrogens is 4. The Labute approximate surface area is 172 Å². The van der Waals surface area contributed by atoms with E-state index in [-0.39, 0.29) is 18.1 Å². The van der Waals surface area contributed by atoms with Crippen LogP contribution in [-0.4, -0.2) is 56.8 Å². The van der Waals surface area contributed by atoms with Crippen molar-refractivity contribution in [1.82, 2.24) is 24.8 Å². The molecule has 152 valence electrons. The highest BCUT2D eigenvalue weighted by Gasteiger charge is 2.36. The lowest BCUT2D eigenvalue weighted by Crippen LogP contribution is -2.56. The van der Waals surface area contributed by atoms with E-state index in [1.165, 1.54) is 6.20 Å². The fourth-order valence-corrected chi connectivity index (χ4v) is 4.31. The Morgan fingerprint density at radius 1 is 1.34 bits per heavy atom. The van der Waals surface area contributed by atoms with Gasteiger partial charge in [-0.3, -0.25) is 4.90 Å². The fourth-order valence-electron chi connectivity index (χ4n) is 4.15. The predicted molar refractivity (Wildman–Crippen MR) is 109 cm³/mol. The summed E-state index contributed by atoms with van der Waals surface area (Å²) in [6, 6.07) is 1.91. The van der Waals surface area contributed by atoms with E-state index in [2.05, 4.69) is 37.1 Å². The van der Waals surface area contributed by atoms with Gasteiger partial charge < -0.3 is 15.0 Å². The van der Waals surface area contributed by atoms with Crippen LogP contribution in [0.4, 0.5) is 10.2 Å². The van der Waals surface area contributed by atoms with Gasteiger partial charge in [0.2, 0.25) is 0 Å². The average molecular weight is 417 g/mol. The Hall–Kier alpha value is -2.29. The number of pyridine rings is 1. The third-order valence-corrected chi connectivity index (χ3v) is 5.86. The molecule has 2 N–H and O–H groups in total. The molecule has 3 atom stereocenters. The Morgan fingerprint density at radius 3 is 3.03 bits per heavy atom. The molecule has 9 heteroatoms. The molecule has 3 aromatic rings. The van der Waals surface area contributed by atoms with Crippen LogP contribution in [0.1, 0.15) is 19.8 Å². The van der Waals surface area contributed by atoms with E-state index in [1.54, 1.807) is 18.5 Å². The number of anilines is 1. The molecule has 2 fully saturated rings. The molecule has 0 saturated carbocycles. The van der Waals surface area contributed by atoms with Crippen molar-refractivity contribution in [3.8, 4) is 11.4 Å². The summed E-state index contributed by atoms with van der Waals surface area (Å²) in [4.78, 5) is 18.3. The molecule has 0 aromatic carbocycles. The molecule has 0 radical (unpaired) electrons. The summed E-state index contributed by atoms with van der Waals surface area (Å²) in [7, 11) is 0. The lowest BCUT2D eigenvalue weighted by atomic mass is 10.00. The maximum absolute atomic E-state index is 14.5. The first-order valence-corrected chi connectivity index (χ1v) is 10.2. The van der Waals surface area contributed by atoms with E-state index in [4.69, 9.17) is 16.3 Å². The summed E-state index contributed by atoms with van der Waals surface area (Å²) in [5.41, 5.74) is 1.42. The van der Waals surface area contributed by atoms with Crippen LogP contribution >= 0.6 is 11.6 Å². The zero-order chi connectivity index (χ0) is 20.0. The van der Waals surface area contributed by atoms with Crippen molar-refractivity contribution in [2.75, 3.05) is 25.0 Å². The number of ether oxygens (including phenoxy) is 1. The SMILES string of the molecule is CC1COC1N1CCC[C@H](Nc2nc(-c3c[nH]c4ncc(Cl)cc34)ncc2F)C1. The van der Waals surface area contributed by atoms with Gasteiger partial charge in [-0.15, -0.1) is 0 Å². The molecule has 5 rings (SSSR count). The van der Waals surface area contributed by atoms with Crippen LogP contribution in [0.2, 0.25) is 5.02 Å². The van der Waals surface area contributed by atoms with E-state index < -0.39 is 5.82 Å². The number of halogens is 2. The number of likely N-dealkylation sites (tertiary alicyclic amines) is 1. The van der Waals surface area contributed by atoms with Gasteiger partial charge in [-0.25, -0.2) is 19.3 Å².